The van der Waals surface area contributed by atoms with E-state index in [0.29, 0.717) is 54.9 Å². The van der Waals surface area contributed by atoms with Crippen LogP contribution in [0.5, 0.6) is 0 Å². The molecule has 0 aliphatic carbocycles. The van der Waals surface area contributed by atoms with Crippen LogP contribution in [0.15, 0.2) is 30.5 Å². The normalized spacial score (nSPS) is 21.0. The van der Waals surface area contributed by atoms with Gasteiger partial charge in [-0.2, -0.15) is 0 Å². The predicted octanol–water partition coefficient (Wildman–Crippen LogP) is 6.01. The molecule has 2 aliphatic rings. The monoisotopic (exact) mass is 605 g/mol. The number of amides is 2. The number of anilines is 1. The molecule has 2 saturated heterocycles. The quantitative estimate of drug-likeness (QED) is 0.404. The summed E-state index contributed by atoms with van der Waals surface area (Å²) in [6, 6.07) is 6.44. The Kier molecular flexibility index (Phi) is 9.56. The van der Waals surface area contributed by atoms with Gasteiger partial charge in [0.15, 0.2) is 0 Å². The predicted molar refractivity (Wildman–Crippen MR) is 163 cm³/mol. The maximum absolute atomic E-state index is 15.1. The Labute approximate surface area is 253 Å². The third-order valence-electron chi connectivity index (χ3n) is 8.49. The summed E-state index contributed by atoms with van der Waals surface area (Å²) >= 11 is 12.4. The molecule has 0 spiro atoms. The zero-order valence-corrected chi connectivity index (χ0v) is 26.6. The van der Waals surface area contributed by atoms with Crippen LogP contribution in [0.3, 0.4) is 0 Å². The van der Waals surface area contributed by atoms with E-state index in [0.717, 1.165) is 11.4 Å². The van der Waals surface area contributed by atoms with Gasteiger partial charge in [0.2, 0.25) is 11.8 Å². The highest BCUT2D eigenvalue weighted by Gasteiger charge is 2.44. The van der Waals surface area contributed by atoms with Crippen molar-refractivity contribution in [2.24, 2.45) is 5.92 Å². The molecule has 0 radical (unpaired) electrons. The first-order valence-electron chi connectivity index (χ1n) is 14.4. The molecule has 0 N–H and O–H groups in total. The average molecular weight is 607 g/mol. The van der Waals surface area contributed by atoms with Crippen LogP contribution in [-0.4, -0.2) is 82.3 Å². The number of carbonyl (C=O) groups excluding carboxylic acids is 2. The van der Waals surface area contributed by atoms with E-state index in [9.17, 15) is 9.59 Å². The summed E-state index contributed by atoms with van der Waals surface area (Å²) in [6.07, 6.45) is 1.63. The van der Waals surface area contributed by atoms with Crippen LogP contribution in [0.25, 0.3) is 0 Å². The number of nitrogens with zero attached hydrogens (tertiary/aromatic N) is 5. The third kappa shape index (κ3) is 6.81. The third-order valence-corrected chi connectivity index (χ3v) is 8.93. The van der Waals surface area contributed by atoms with Gasteiger partial charge in [-0.1, -0.05) is 29.3 Å². The summed E-state index contributed by atoms with van der Waals surface area (Å²) in [4.78, 5) is 39.3. The maximum atomic E-state index is 15.1. The molecule has 2 amide bonds. The first kappa shape index (κ1) is 31.5. The first-order valence-corrected chi connectivity index (χ1v) is 15.1. The van der Waals surface area contributed by atoms with Crippen molar-refractivity contribution in [2.75, 3.05) is 44.2 Å². The van der Waals surface area contributed by atoms with Crippen molar-refractivity contribution in [1.29, 1.82) is 0 Å². The minimum Gasteiger partial charge on any atom is -0.353 e. The molecule has 2 aromatic rings. The van der Waals surface area contributed by atoms with Crippen LogP contribution in [0, 0.1) is 11.7 Å². The Morgan fingerprint density at radius 3 is 2.24 bits per heavy atom. The van der Waals surface area contributed by atoms with E-state index in [1.165, 1.54) is 6.07 Å². The molecule has 0 bridgehead atoms. The van der Waals surface area contributed by atoms with E-state index in [1.54, 1.807) is 25.3 Å². The molecule has 0 saturated carbocycles. The second-order valence-electron chi connectivity index (χ2n) is 12.5. The summed E-state index contributed by atoms with van der Waals surface area (Å²) in [5, 5.41) is 0.863. The van der Waals surface area contributed by atoms with Crippen molar-refractivity contribution in [3.05, 3.63) is 57.5 Å². The van der Waals surface area contributed by atoms with Crippen LogP contribution in [-0.2, 0) is 9.59 Å². The fourth-order valence-corrected chi connectivity index (χ4v) is 6.67. The minimum absolute atomic E-state index is 0.0126. The summed E-state index contributed by atoms with van der Waals surface area (Å²) < 4.78 is 15.1. The van der Waals surface area contributed by atoms with Gasteiger partial charge in [0.05, 0.1) is 17.0 Å². The number of pyridine rings is 1. The molecule has 0 unspecified atom stereocenters. The Morgan fingerprint density at radius 2 is 1.68 bits per heavy atom. The lowest BCUT2D eigenvalue weighted by molar-refractivity contribution is -0.136. The van der Waals surface area contributed by atoms with Crippen molar-refractivity contribution < 1.29 is 14.0 Å². The van der Waals surface area contributed by atoms with E-state index < -0.39 is 0 Å². The molecule has 4 rings (SSSR count). The lowest BCUT2D eigenvalue weighted by Gasteiger charge is -2.39. The lowest BCUT2D eigenvalue weighted by atomic mass is 9.87. The number of piperazine rings is 1. The molecule has 3 atom stereocenters. The van der Waals surface area contributed by atoms with Gasteiger partial charge < -0.3 is 14.7 Å². The summed E-state index contributed by atoms with van der Waals surface area (Å²) in [5.41, 5.74) is 1.28. The van der Waals surface area contributed by atoms with E-state index in [2.05, 4.69) is 35.6 Å². The van der Waals surface area contributed by atoms with Crippen LogP contribution in [0.4, 0.5) is 10.2 Å². The van der Waals surface area contributed by atoms with Crippen molar-refractivity contribution in [2.45, 2.75) is 72.0 Å². The Morgan fingerprint density at radius 1 is 1.02 bits per heavy atom. The maximum Gasteiger partial charge on any atom is 0.227 e. The van der Waals surface area contributed by atoms with Crippen LogP contribution >= 0.6 is 23.2 Å². The molecular weight excluding hydrogens is 564 g/mol. The molecule has 7 nitrogen and oxygen atoms in total. The van der Waals surface area contributed by atoms with Crippen molar-refractivity contribution >= 4 is 40.8 Å². The second kappa shape index (κ2) is 12.4. The van der Waals surface area contributed by atoms with Gasteiger partial charge in [0.25, 0.3) is 0 Å². The summed E-state index contributed by atoms with van der Waals surface area (Å²) in [5.74, 6) is -0.150. The average Bonchev–Trinajstić information content (AvgIpc) is 3.34. The summed E-state index contributed by atoms with van der Waals surface area (Å²) in [6.45, 7) is 17.4. The number of benzene rings is 1. The second-order valence-corrected chi connectivity index (χ2v) is 13.4. The molecule has 2 aliphatic heterocycles. The topological polar surface area (TPSA) is 60.0 Å². The largest absolute Gasteiger partial charge is 0.353 e. The highest BCUT2D eigenvalue weighted by molar-refractivity contribution is 6.30. The number of likely N-dealkylation sites (tertiary alicyclic amines) is 1. The van der Waals surface area contributed by atoms with Gasteiger partial charge in [0, 0.05) is 80.5 Å². The van der Waals surface area contributed by atoms with Gasteiger partial charge in [-0.05, 0) is 65.3 Å². The number of carbonyl (C=O) groups is 2. The fraction of sp³-hybridized carbons (Fsp3) is 0.581. The van der Waals surface area contributed by atoms with Crippen LogP contribution in [0.1, 0.15) is 71.6 Å². The standard InChI is InChI=1S/C31H42Cl2FN5O2/c1-19(2)39(21(4)40)20(3)25-14-23(33)16-35-29(25)36-10-12-37(13-11-36)30(41)27-18-38(31(5,6)7)17-26(27)24-9-8-22(32)15-28(24)34/h8-9,14-16,19-20,26-27H,10-13,17-18H2,1-7H3/t20-,26+,27-/m1/s1. The van der Waals surface area contributed by atoms with E-state index >= 15 is 4.39 Å². The smallest absolute Gasteiger partial charge is 0.227 e. The Balaban J connectivity index is 1.54. The number of hydrogen-bond donors (Lipinski definition) is 0. The zero-order chi connectivity index (χ0) is 30.2. The van der Waals surface area contributed by atoms with Gasteiger partial charge in [-0.3, -0.25) is 14.5 Å². The summed E-state index contributed by atoms with van der Waals surface area (Å²) in [7, 11) is 0. The highest BCUT2D eigenvalue weighted by atomic mass is 35.5. The van der Waals surface area contributed by atoms with Gasteiger partial charge in [-0.25, -0.2) is 9.37 Å². The lowest BCUT2D eigenvalue weighted by Crippen LogP contribution is -2.52. The fourth-order valence-electron chi connectivity index (χ4n) is 6.35. The molecule has 224 valence electrons. The first-order chi connectivity index (χ1) is 19.2. The molecule has 1 aromatic heterocycles. The van der Waals surface area contributed by atoms with E-state index in [-0.39, 0.29) is 47.1 Å². The van der Waals surface area contributed by atoms with Crippen LogP contribution < -0.4 is 4.90 Å². The van der Waals surface area contributed by atoms with Crippen LogP contribution in [0.2, 0.25) is 10.0 Å². The molecule has 10 heteroatoms. The Bertz CT molecular complexity index is 1280. The SMILES string of the molecule is CC(=O)N(C(C)C)[C@H](C)c1cc(Cl)cnc1N1CCN(C(=O)[C@@H]2CN(C(C)(C)C)C[C@H]2c2ccc(Cl)cc2F)CC1. The molecular formula is C31H42Cl2FN5O2. The van der Waals surface area contributed by atoms with Gasteiger partial charge in [0.1, 0.15) is 11.6 Å². The molecule has 1 aromatic carbocycles. The van der Waals surface area contributed by atoms with Gasteiger partial charge >= 0.3 is 0 Å². The van der Waals surface area contributed by atoms with E-state index in [1.807, 2.05) is 36.6 Å². The van der Waals surface area contributed by atoms with Crippen molar-refractivity contribution in [1.82, 2.24) is 19.7 Å². The number of hydrogen-bond acceptors (Lipinski definition) is 5. The molecule has 3 heterocycles. The zero-order valence-electron chi connectivity index (χ0n) is 25.1. The number of rotatable bonds is 6. The number of aromatic nitrogens is 1. The van der Waals surface area contributed by atoms with Gasteiger partial charge in [-0.15, -0.1) is 0 Å². The highest BCUT2D eigenvalue weighted by Crippen LogP contribution is 2.39. The van der Waals surface area contributed by atoms with Crippen molar-refractivity contribution in [3.8, 4) is 0 Å². The molecule has 2 fully saturated rings. The Hall–Kier alpha value is -2.42. The minimum atomic E-state index is -0.364. The number of halogens is 3. The van der Waals surface area contributed by atoms with Crippen molar-refractivity contribution in [3.63, 3.8) is 0 Å². The van der Waals surface area contributed by atoms with E-state index in [4.69, 9.17) is 23.2 Å². The molecule has 41 heavy (non-hydrogen) atoms.